The van der Waals surface area contributed by atoms with Crippen LogP contribution in [0, 0.1) is 0 Å². The smallest absolute Gasteiger partial charge is 0.209 e. The number of para-hydroxylation sites is 2. The molecule has 1 aromatic heterocycles. The van der Waals surface area contributed by atoms with Crippen molar-refractivity contribution in [1.82, 2.24) is 9.88 Å². The molecule has 15 heavy (non-hydrogen) atoms. The van der Waals surface area contributed by atoms with Crippen molar-refractivity contribution in [3.05, 3.63) is 30.2 Å². The monoisotopic (exact) mass is 204 g/mol. The molecule has 2 aromatic rings. The number of fused-ring (bicyclic) bond motifs is 1. The van der Waals surface area contributed by atoms with Gasteiger partial charge in [0.05, 0.1) is 12.6 Å². The first-order chi connectivity index (χ1) is 7.31. The molecule has 0 amide bonds. The zero-order chi connectivity index (χ0) is 10.3. The van der Waals surface area contributed by atoms with Gasteiger partial charge in [-0.1, -0.05) is 12.1 Å². The Balaban J connectivity index is 1.80. The van der Waals surface area contributed by atoms with Crippen LogP contribution in [0.3, 0.4) is 0 Å². The van der Waals surface area contributed by atoms with Crippen LogP contribution in [0.15, 0.2) is 28.7 Å². The number of aliphatic hydroxyl groups excluding tert-OH is 1. The third-order valence-corrected chi connectivity index (χ3v) is 2.63. The number of nitrogens with zero attached hydrogens (tertiary/aromatic N) is 2. The largest absolute Gasteiger partial charge is 0.439 e. The molecule has 2 heterocycles. The molecule has 0 atom stereocenters. The number of likely N-dealkylation sites (tertiary alicyclic amines) is 1. The first-order valence-electron chi connectivity index (χ1n) is 5.06. The van der Waals surface area contributed by atoms with E-state index in [4.69, 9.17) is 9.52 Å². The third-order valence-electron chi connectivity index (χ3n) is 2.63. The summed E-state index contributed by atoms with van der Waals surface area (Å²) < 4.78 is 5.58. The maximum atomic E-state index is 9.14. The van der Waals surface area contributed by atoms with Crippen molar-refractivity contribution in [2.24, 2.45) is 0 Å². The topological polar surface area (TPSA) is 49.5 Å². The molecule has 1 fully saturated rings. The van der Waals surface area contributed by atoms with Gasteiger partial charge in [0.15, 0.2) is 5.58 Å². The van der Waals surface area contributed by atoms with Crippen LogP contribution in [0.5, 0.6) is 0 Å². The lowest BCUT2D eigenvalue weighted by atomic mass is 10.2. The average Bonchev–Trinajstić information content (AvgIpc) is 2.57. The Kier molecular flexibility index (Phi) is 1.97. The summed E-state index contributed by atoms with van der Waals surface area (Å²) in [5.74, 6) is 0.725. The molecule has 3 rings (SSSR count). The van der Waals surface area contributed by atoms with Gasteiger partial charge >= 0.3 is 0 Å². The highest BCUT2D eigenvalue weighted by atomic mass is 16.3. The lowest BCUT2D eigenvalue weighted by Gasteiger charge is -2.34. The zero-order valence-corrected chi connectivity index (χ0v) is 8.26. The van der Waals surface area contributed by atoms with E-state index in [-0.39, 0.29) is 6.10 Å². The fourth-order valence-electron chi connectivity index (χ4n) is 1.85. The van der Waals surface area contributed by atoms with E-state index in [1.165, 1.54) is 0 Å². The van der Waals surface area contributed by atoms with Gasteiger partial charge in [-0.2, -0.15) is 0 Å². The van der Waals surface area contributed by atoms with Gasteiger partial charge in [0.2, 0.25) is 5.89 Å². The number of oxazole rings is 1. The molecule has 1 aliphatic rings. The second kappa shape index (κ2) is 3.32. The summed E-state index contributed by atoms with van der Waals surface area (Å²) in [5.41, 5.74) is 1.72. The normalized spacial score (nSPS) is 18.2. The number of aliphatic hydroxyl groups is 1. The molecule has 0 radical (unpaired) electrons. The fourth-order valence-corrected chi connectivity index (χ4v) is 1.85. The molecule has 4 nitrogen and oxygen atoms in total. The summed E-state index contributed by atoms with van der Waals surface area (Å²) >= 11 is 0. The molecule has 0 aliphatic carbocycles. The Morgan fingerprint density at radius 1 is 1.40 bits per heavy atom. The minimum atomic E-state index is -0.172. The van der Waals surface area contributed by atoms with Crippen molar-refractivity contribution < 1.29 is 9.52 Å². The first-order valence-corrected chi connectivity index (χ1v) is 5.06. The van der Waals surface area contributed by atoms with Gasteiger partial charge in [-0.25, -0.2) is 4.98 Å². The Hall–Kier alpha value is -1.39. The minimum Gasteiger partial charge on any atom is -0.439 e. The summed E-state index contributed by atoms with van der Waals surface area (Å²) in [6.45, 7) is 2.13. The Morgan fingerprint density at radius 3 is 2.93 bits per heavy atom. The molecule has 0 spiro atoms. The molecular weight excluding hydrogens is 192 g/mol. The quantitative estimate of drug-likeness (QED) is 0.793. The Bertz CT molecular complexity index is 441. The molecule has 1 aliphatic heterocycles. The van der Waals surface area contributed by atoms with Crippen molar-refractivity contribution >= 4 is 11.1 Å². The first kappa shape index (κ1) is 8.88. The number of aromatic nitrogens is 1. The summed E-state index contributed by atoms with van der Waals surface area (Å²) in [5, 5.41) is 9.14. The van der Waals surface area contributed by atoms with Gasteiger partial charge in [-0.3, -0.25) is 4.90 Å². The summed E-state index contributed by atoms with van der Waals surface area (Å²) in [6.07, 6.45) is -0.172. The predicted octanol–water partition coefficient (Wildman–Crippen LogP) is 1.00. The van der Waals surface area contributed by atoms with Gasteiger partial charge in [0.1, 0.15) is 5.52 Å². The van der Waals surface area contributed by atoms with E-state index in [2.05, 4.69) is 9.88 Å². The van der Waals surface area contributed by atoms with Gasteiger partial charge in [0, 0.05) is 13.1 Å². The molecule has 1 aromatic carbocycles. The van der Waals surface area contributed by atoms with Gasteiger partial charge < -0.3 is 9.52 Å². The highest BCUT2D eigenvalue weighted by Gasteiger charge is 2.25. The number of β-amino-alcohol motifs (C(OH)–C–C–N with tert-alkyl or cyclic N) is 1. The van der Waals surface area contributed by atoms with Crippen molar-refractivity contribution in [2.75, 3.05) is 13.1 Å². The van der Waals surface area contributed by atoms with Crippen molar-refractivity contribution in [3.63, 3.8) is 0 Å². The lowest BCUT2D eigenvalue weighted by Crippen LogP contribution is -2.49. The number of hydrogen-bond acceptors (Lipinski definition) is 4. The van der Waals surface area contributed by atoms with E-state index in [0.29, 0.717) is 6.54 Å². The number of benzene rings is 1. The summed E-state index contributed by atoms with van der Waals surface area (Å²) in [7, 11) is 0. The highest BCUT2D eigenvalue weighted by Crippen LogP contribution is 2.18. The fraction of sp³-hybridized carbons (Fsp3) is 0.364. The lowest BCUT2D eigenvalue weighted by molar-refractivity contribution is -0.00692. The Morgan fingerprint density at radius 2 is 2.20 bits per heavy atom. The third kappa shape index (κ3) is 1.62. The molecule has 4 heteroatoms. The van der Waals surface area contributed by atoms with Crippen LogP contribution in [-0.2, 0) is 6.54 Å². The average molecular weight is 204 g/mol. The SMILES string of the molecule is OC1CN(Cc2nc3ccccc3o2)C1. The van der Waals surface area contributed by atoms with Gasteiger partial charge in [0.25, 0.3) is 0 Å². The van der Waals surface area contributed by atoms with E-state index in [9.17, 15) is 0 Å². The molecule has 0 bridgehead atoms. The molecule has 1 saturated heterocycles. The minimum absolute atomic E-state index is 0.172. The molecule has 1 N–H and O–H groups in total. The standard InChI is InChI=1S/C11H12N2O2/c14-8-5-13(6-8)7-11-12-9-3-1-2-4-10(9)15-11/h1-4,8,14H,5-7H2. The maximum Gasteiger partial charge on any atom is 0.209 e. The second-order valence-corrected chi connectivity index (χ2v) is 3.92. The van der Waals surface area contributed by atoms with Crippen molar-refractivity contribution in [3.8, 4) is 0 Å². The molecule has 0 unspecified atom stereocenters. The number of rotatable bonds is 2. The molecule has 0 saturated carbocycles. The van der Waals surface area contributed by atoms with Crippen LogP contribution in [0.4, 0.5) is 0 Å². The summed E-state index contributed by atoms with van der Waals surface area (Å²) in [6, 6.07) is 7.73. The second-order valence-electron chi connectivity index (χ2n) is 3.92. The van der Waals surface area contributed by atoms with E-state index >= 15 is 0 Å². The highest BCUT2D eigenvalue weighted by molar-refractivity contribution is 5.72. The van der Waals surface area contributed by atoms with Crippen molar-refractivity contribution in [2.45, 2.75) is 12.6 Å². The molecular formula is C11H12N2O2. The Labute approximate surface area is 87.1 Å². The zero-order valence-electron chi connectivity index (χ0n) is 8.26. The van der Waals surface area contributed by atoms with E-state index in [1.807, 2.05) is 24.3 Å². The van der Waals surface area contributed by atoms with Gasteiger partial charge in [-0.05, 0) is 12.1 Å². The van der Waals surface area contributed by atoms with Crippen molar-refractivity contribution in [1.29, 1.82) is 0 Å². The summed E-state index contributed by atoms with van der Waals surface area (Å²) in [4.78, 5) is 6.48. The van der Waals surface area contributed by atoms with Crippen LogP contribution in [0.2, 0.25) is 0 Å². The van der Waals surface area contributed by atoms with Crippen LogP contribution in [0.1, 0.15) is 5.89 Å². The van der Waals surface area contributed by atoms with Crippen LogP contribution >= 0.6 is 0 Å². The van der Waals surface area contributed by atoms with E-state index < -0.39 is 0 Å². The number of hydrogen-bond donors (Lipinski definition) is 1. The predicted molar refractivity (Wildman–Crippen MR) is 55.3 cm³/mol. The van der Waals surface area contributed by atoms with Crippen LogP contribution in [0.25, 0.3) is 11.1 Å². The van der Waals surface area contributed by atoms with Crippen LogP contribution in [-0.4, -0.2) is 34.2 Å². The van der Waals surface area contributed by atoms with Crippen LogP contribution < -0.4 is 0 Å². The van der Waals surface area contributed by atoms with E-state index in [1.54, 1.807) is 0 Å². The molecule has 78 valence electrons. The maximum absolute atomic E-state index is 9.14. The van der Waals surface area contributed by atoms with E-state index in [0.717, 1.165) is 30.1 Å². The van der Waals surface area contributed by atoms with Gasteiger partial charge in [-0.15, -0.1) is 0 Å².